The third-order valence-electron chi connectivity index (χ3n) is 4.45. The maximum Gasteiger partial charge on any atom is 0.257 e. The van der Waals surface area contributed by atoms with E-state index in [2.05, 4.69) is 33.2 Å². The van der Waals surface area contributed by atoms with Gasteiger partial charge in [0.1, 0.15) is 0 Å². The van der Waals surface area contributed by atoms with E-state index in [-0.39, 0.29) is 5.91 Å². The predicted molar refractivity (Wildman–Crippen MR) is 107 cm³/mol. The van der Waals surface area contributed by atoms with Crippen molar-refractivity contribution in [3.63, 3.8) is 0 Å². The molecule has 0 N–H and O–H groups in total. The number of carbonyl (C=O) groups excluding carboxylic acids is 1. The molecule has 3 rings (SSSR count). The Morgan fingerprint density at radius 1 is 1.04 bits per heavy atom. The first kappa shape index (κ1) is 18.4. The number of hydrogen-bond donors (Lipinski definition) is 0. The van der Waals surface area contributed by atoms with Crippen molar-refractivity contribution in [1.82, 2.24) is 14.7 Å². The van der Waals surface area contributed by atoms with Crippen molar-refractivity contribution in [2.45, 2.75) is 26.9 Å². The first-order chi connectivity index (χ1) is 12.5. The zero-order chi connectivity index (χ0) is 18.7. The second kappa shape index (κ2) is 7.87. The summed E-state index contributed by atoms with van der Waals surface area (Å²) in [5.41, 5.74) is 4.63. The fraction of sp³-hybridized carbons (Fsp3) is 0.238. The molecule has 0 atom stereocenters. The summed E-state index contributed by atoms with van der Waals surface area (Å²) in [7, 11) is 1.83. The summed E-state index contributed by atoms with van der Waals surface area (Å²) >= 11 is 3.43. The van der Waals surface area contributed by atoms with Crippen molar-refractivity contribution < 1.29 is 4.79 Å². The molecule has 3 aromatic rings. The van der Waals surface area contributed by atoms with Crippen LogP contribution in [0.1, 0.15) is 32.9 Å². The fourth-order valence-corrected chi connectivity index (χ4v) is 3.31. The largest absolute Gasteiger partial charge is 0.337 e. The lowest BCUT2D eigenvalue weighted by atomic mass is 10.1. The van der Waals surface area contributed by atoms with Gasteiger partial charge in [0.05, 0.1) is 17.8 Å². The van der Waals surface area contributed by atoms with Gasteiger partial charge in [-0.1, -0.05) is 58.4 Å². The van der Waals surface area contributed by atoms with E-state index in [4.69, 9.17) is 0 Å². The second-order valence-corrected chi connectivity index (χ2v) is 7.39. The quantitative estimate of drug-likeness (QED) is 0.615. The summed E-state index contributed by atoms with van der Waals surface area (Å²) in [4.78, 5) is 14.7. The van der Waals surface area contributed by atoms with Crippen LogP contribution in [0.4, 0.5) is 0 Å². The Morgan fingerprint density at radius 3 is 2.35 bits per heavy atom. The summed E-state index contributed by atoms with van der Waals surface area (Å²) in [5, 5.41) is 4.59. The first-order valence-electron chi connectivity index (χ1n) is 8.53. The Bertz CT molecular complexity index is 901. The van der Waals surface area contributed by atoms with Crippen LogP contribution < -0.4 is 0 Å². The number of aromatic nitrogens is 2. The van der Waals surface area contributed by atoms with Gasteiger partial charge >= 0.3 is 0 Å². The van der Waals surface area contributed by atoms with Crippen LogP contribution in [0.5, 0.6) is 0 Å². The number of rotatable bonds is 5. The molecule has 0 unspecified atom stereocenters. The molecule has 0 saturated carbocycles. The van der Waals surface area contributed by atoms with Crippen LogP contribution in [0.15, 0.2) is 59.1 Å². The van der Waals surface area contributed by atoms with Crippen LogP contribution in [0.3, 0.4) is 0 Å². The minimum absolute atomic E-state index is 0.00207. The molecule has 5 heteroatoms. The average molecular weight is 412 g/mol. The second-order valence-electron chi connectivity index (χ2n) is 6.48. The third-order valence-corrected chi connectivity index (χ3v) is 4.98. The number of nitrogens with zero attached hydrogens (tertiary/aromatic N) is 3. The minimum atomic E-state index is 0.00207. The summed E-state index contributed by atoms with van der Waals surface area (Å²) in [6, 6.07) is 18.2. The Hall–Kier alpha value is -2.40. The lowest BCUT2D eigenvalue weighted by Gasteiger charge is -2.18. The summed E-state index contributed by atoms with van der Waals surface area (Å²) < 4.78 is 2.94. The molecule has 0 aliphatic heterocycles. The summed E-state index contributed by atoms with van der Waals surface area (Å²) in [6.07, 6.45) is 0. The minimum Gasteiger partial charge on any atom is -0.337 e. The summed E-state index contributed by atoms with van der Waals surface area (Å²) in [5.74, 6) is 0.00207. The van der Waals surface area contributed by atoms with Crippen molar-refractivity contribution >= 4 is 21.8 Å². The molecule has 1 heterocycles. The molecule has 134 valence electrons. The van der Waals surface area contributed by atoms with Gasteiger partial charge in [-0.15, -0.1) is 0 Å². The maximum atomic E-state index is 13.0. The van der Waals surface area contributed by atoms with Gasteiger partial charge < -0.3 is 4.90 Å². The van der Waals surface area contributed by atoms with Gasteiger partial charge in [0, 0.05) is 23.8 Å². The van der Waals surface area contributed by atoms with Crippen LogP contribution in [0.2, 0.25) is 0 Å². The highest BCUT2D eigenvalue weighted by molar-refractivity contribution is 9.10. The molecular weight excluding hydrogens is 390 g/mol. The standard InChI is InChI=1S/C21H22BrN3O/c1-15-20(16(2)25(23-15)14-17-7-5-4-6-8-17)21(26)24(3)13-18-9-11-19(22)12-10-18/h4-12H,13-14H2,1-3H3. The SMILES string of the molecule is Cc1nn(Cc2ccccc2)c(C)c1C(=O)N(C)Cc1ccc(Br)cc1. The molecule has 2 aromatic carbocycles. The molecule has 0 aliphatic rings. The lowest BCUT2D eigenvalue weighted by Crippen LogP contribution is -2.27. The fourth-order valence-electron chi connectivity index (χ4n) is 3.04. The topological polar surface area (TPSA) is 38.1 Å². The van der Waals surface area contributed by atoms with E-state index in [9.17, 15) is 4.79 Å². The lowest BCUT2D eigenvalue weighted by molar-refractivity contribution is 0.0783. The monoisotopic (exact) mass is 411 g/mol. The molecule has 0 spiro atoms. The normalized spacial score (nSPS) is 10.8. The van der Waals surface area contributed by atoms with Crippen LogP contribution >= 0.6 is 15.9 Å². The van der Waals surface area contributed by atoms with Gasteiger partial charge in [-0.25, -0.2) is 0 Å². The van der Waals surface area contributed by atoms with Crippen molar-refractivity contribution in [2.75, 3.05) is 7.05 Å². The molecule has 1 aromatic heterocycles. The predicted octanol–water partition coefficient (Wildman–Crippen LogP) is 4.58. The molecule has 1 amide bonds. The van der Waals surface area contributed by atoms with Gasteiger partial charge in [0.25, 0.3) is 5.91 Å². The molecule has 0 aliphatic carbocycles. The van der Waals surface area contributed by atoms with E-state index in [0.29, 0.717) is 18.7 Å². The van der Waals surface area contributed by atoms with Crippen LogP contribution in [-0.2, 0) is 13.1 Å². The van der Waals surface area contributed by atoms with E-state index >= 15 is 0 Å². The van der Waals surface area contributed by atoms with E-state index in [0.717, 1.165) is 21.4 Å². The van der Waals surface area contributed by atoms with Crippen molar-refractivity contribution in [3.05, 3.63) is 87.1 Å². The molecule has 0 fully saturated rings. The molecule has 0 bridgehead atoms. The Morgan fingerprint density at radius 2 is 1.69 bits per heavy atom. The summed E-state index contributed by atoms with van der Waals surface area (Å²) in [6.45, 7) is 5.09. The smallest absolute Gasteiger partial charge is 0.257 e. The van der Waals surface area contributed by atoms with E-state index < -0.39 is 0 Å². The number of halogens is 1. The Balaban J connectivity index is 1.79. The van der Waals surface area contributed by atoms with E-state index in [1.807, 2.05) is 68.0 Å². The Labute approximate surface area is 162 Å². The average Bonchev–Trinajstić information content (AvgIpc) is 2.90. The van der Waals surface area contributed by atoms with Crippen LogP contribution in [0, 0.1) is 13.8 Å². The number of amides is 1. The molecule has 26 heavy (non-hydrogen) atoms. The molecule has 0 radical (unpaired) electrons. The highest BCUT2D eigenvalue weighted by Gasteiger charge is 2.22. The van der Waals surface area contributed by atoms with Gasteiger partial charge in [0.2, 0.25) is 0 Å². The maximum absolute atomic E-state index is 13.0. The van der Waals surface area contributed by atoms with Gasteiger partial charge in [0.15, 0.2) is 0 Å². The van der Waals surface area contributed by atoms with Gasteiger partial charge in [-0.05, 0) is 37.1 Å². The Kier molecular flexibility index (Phi) is 5.57. The van der Waals surface area contributed by atoms with E-state index in [1.54, 1.807) is 4.90 Å². The number of hydrogen-bond acceptors (Lipinski definition) is 2. The molecule has 0 saturated heterocycles. The van der Waals surface area contributed by atoms with Crippen LogP contribution in [-0.4, -0.2) is 27.6 Å². The number of benzene rings is 2. The van der Waals surface area contributed by atoms with Crippen molar-refractivity contribution in [3.8, 4) is 0 Å². The number of carbonyl (C=O) groups is 1. The van der Waals surface area contributed by atoms with Crippen LogP contribution in [0.25, 0.3) is 0 Å². The highest BCUT2D eigenvalue weighted by atomic mass is 79.9. The van der Waals surface area contributed by atoms with Gasteiger partial charge in [-0.3, -0.25) is 9.48 Å². The third kappa shape index (κ3) is 4.05. The zero-order valence-corrected chi connectivity index (χ0v) is 16.8. The number of aryl methyl sites for hydroxylation is 1. The van der Waals surface area contributed by atoms with Crippen molar-refractivity contribution in [2.24, 2.45) is 0 Å². The zero-order valence-electron chi connectivity index (χ0n) is 15.2. The molecule has 4 nitrogen and oxygen atoms in total. The first-order valence-corrected chi connectivity index (χ1v) is 9.33. The van der Waals surface area contributed by atoms with Crippen molar-refractivity contribution in [1.29, 1.82) is 0 Å². The highest BCUT2D eigenvalue weighted by Crippen LogP contribution is 2.18. The molecular formula is C21H22BrN3O. The van der Waals surface area contributed by atoms with Gasteiger partial charge in [-0.2, -0.15) is 5.10 Å². The van der Waals surface area contributed by atoms with E-state index in [1.165, 1.54) is 5.56 Å².